The Morgan fingerprint density at radius 1 is 0.892 bits per heavy atom. The molecule has 1 heterocycles. The molecule has 4 rings (SSSR count). The molecule has 188 valence electrons. The summed E-state index contributed by atoms with van der Waals surface area (Å²) in [6.45, 7) is 3.92. The molecule has 37 heavy (non-hydrogen) atoms. The number of benzene rings is 3. The number of nitrogens with one attached hydrogen (secondary N) is 2. The van der Waals surface area contributed by atoms with Crippen LogP contribution >= 0.6 is 0 Å². The molecule has 9 heteroatoms. The molecule has 0 aliphatic rings. The second-order valence-corrected chi connectivity index (χ2v) is 8.65. The summed E-state index contributed by atoms with van der Waals surface area (Å²) in [7, 11) is 0. The van der Waals surface area contributed by atoms with Crippen LogP contribution in [0.5, 0.6) is 0 Å². The SMILES string of the molecule is CC(C)CNC(=O)c1ccccc1NC(=O)COC(=O)c1nc(-c2ccccc2)n(-c2ccccc2)n1. The van der Waals surface area contributed by atoms with Gasteiger partial charge in [-0.25, -0.2) is 14.5 Å². The summed E-state index contributed by atoms with van der Waals surface area (Å²) in [6.07, 6.45) is 0. The number of para-hydroxylation sites is 2. The molecule has 1 aromatic heterocycles. The lowest BCUT2D eigenvalue weighted by Gasteiger charge is -2.12. The number of carbonyl (C=O) groups excluding carboxylic acids is 3. The molecular formula is C28H27N5O4. The Bertz CT molecular complexity index is 1330. The van der Waals surface area contributed by atoms with E-state index >= 15 is 0 Å². The van der Waals surface area contributed by atoms with E-state index in [2.05, 4.69) is 20.7 Å². The first-order valence-electron chi connectivity index (χ1n) is 11.8. The summed E-state index contributed by atoms with van der Waals surface area (Å²) in [5.41, 5.74) is 2.13. The molecule has 0 radical (unpaired) electrons. The van der Waals surface area contributed by atoms with Gasteiger partial charge in [-0.3, -0.25) is 9.59 Å². The minimum absolute atomic E-state index is 0.177. The number of hydrogen-bond acceptors (Lipinski definition) is 6. The average molecular weight is 498 g/mol. The summed E-state index contributed by atoms with van der Waals surface area (Å²) in [6, 6.07) is 25.2. The Balaban J connectivity index is 1.46. The fourth-order valence-corrected chi connectivity index (χ4v) is 3.49. The predicted molar refractivity (Wildman–Crippen MR) is 139 cm³/mol. The Hall–Kier alpha value is -4.79. The van der Waals surface area contributed by atoms with E-state index < -0.39 is 18.5 Å². The van der Waals surface area contributed by atoms with Crippen molar-refractivity contribution >= 4 is 23.5 Å². The van der Waals surface area contributed by atoms with Gasteiger partial charge in [0.2, 0.25) is 0 Å². The first-order chi connectivity index (χ1) is 17.9. The van der Waals surface area contributed by atoms with E-state index in [1.807, 2.05) is 74.5 Å². The van der Waals surface area contributed by atoms with Crippen LogP contribution in [-0.4, -0.2) is 45.7 Å². The van der Waals surface area contributed by atoms with Gasteiger partial charge in [0.25, 0.3) is 17.6 Å². The molecule has 0 aliphatic carbocycles. The maximum absolute atomic E-state index is 12.7. The van der Waals surface area contributed by atoms with Crippen molar-refractivity contribution in [1.29, 1.82) is 0 Å². The number of rotatable bonds is 9. The van der Waals surface area contributed by atoms with Crippen LogP contribution in [0.25, 0.3) is 17.1 Å². The summed E-state index contributed by atoms with van der Waals surface area (Å²) in [5, 5.41) is 9.79. The van der Waals surface area contributed by atoms with E-state index in [9.17, 15) is 14.4 Å². The molecule has 2 amide bonds. The molecule has 0 spiro atoms. The first-order valence-corrected chi connectivity index (χ1v) is 11.8. The lowest BCUT2D eigenvalue weighted by molar-refractivity contribution is -0.119. The van der Waals surface area contributed by atoms with E-state index in [1.54, 1.807) is 28.9 Å². The van der Waals surface area contributed by atoms with E-state index in [0.29, 0.717) is 23.6 Å². The van der Waals surface area contributed by atoms with Crippen LogP contribution in [0.1, 0.15) is 34.8 Å². The molecule has 0 aliphatic heterocycles. The van der Waals surface area contributed by atoms with Gasteiger partial charge in [-0.1, -0.05) is 74.5 Å². The summed E-state index contributed by atoms with van der Waals surface area (Å²) >= 11 is 0. The minimum atomic E-state index is -0.843. The molecule has 0 saturated heterocycles. The van der Waals surface area contributed by atoms with Crippen LogP contribution in [0, 0.1) is 5.92 Å². The van der Waals surface area contributed by atoms with Crippen molar-refractivity contribution in [3.8, 4) is 17.1 Å². The third-order valence-electron chi connectivity index (χ3n) is 5.27. The molecule has 4 aromatic rings. The van der Waals surface area contributed by atoms with Crippen LogP contribution in [0.15, 0.2) is 84.9 Å². The third kappa shape index (κ3) is 6.46. The number of aromatic nitrogens is 3. The minimum Gasteiger partial charge on any atom is -0.450 e. The summed E-state index contributed by atoms with van der Waals surface area (Å²) in [5.74, 6) is -1.17. The van der Waals surface area contributed by atoms with E-state index in [0.717, 1.165) is 11.3 Å². The molecule has 9 nitrogen and oxygen atoms in total. The summed E-state index contributed by atoms with van der Waals surface area (Å²) < 4.78 is 6.75. The van der Waals surface area contributed by atoms with Crippen molar-refractivity contribution < 1.29 is 19.1 Å². The normalized spacial score (nSPS) is 10.7. The Kier molecular flexibility index (Phi) is 8.05. The zero-order valence-electron chi connectivity index (χ0n) is 20.5. The van der Waals surface area contributed by atoms with Crippen LogP contribution in [-0.2, 0) is 9.53 Å². The second kappa shape index (κ2) is 11.8. The first kappa shape index (κ1) is 25.3. The molecule has 3 aromatic carbocycles. The molecule has 0 bridgehead atoms. The van der Waals surface area contributed by atoms with Crippen LogP contribution < -0.4 is 10.6 Å². The zero-order chi connectivity index (χ0) is 26.2. The Labute approximate surface area is 214 Å². The van der Waals surface area contributed by atoms with Gasteiger partial charge in [0, 0.05) is 12.1 Å². The quantitative estimate of drug-likeness (QED) is 0.336. The number of amides is 2. The third-order valence-corrected chi connectivity index (χ3v) is 5.27. The lowest BCUT2D eigenvalue weighted by atomic mass is 10.1. The molecular weight excluding hydrogens is 470 g/mol. The van der Waals surface area contributed by atoms with Crippen LogP contribution in [0.3, 0.4) is 0 Å². The zero-order valence-corrected chi connectivity index (χ0v) is 20.5. The monoisotopic (exact) mass is 497 g/mol. The highest BCUT2D eigenvalue weighted by atomic mass is 16.5. The largest absolute Gasteiger partial charge is 0.450 e. The van der Waals surface area contributed by atoms with Crippen molar-refractivity contribution in [3.05, 3.63) is 96.3 Å². The van der Waals surface area contributed by atoms with Gasteiger partial charge in [-0.2, -0.15) is 0 Å². The number of carbonyl (C=O) groups is 3. The van der Waals surface area contributed by atoms with Gasteiger partial charge >= 0.3 is 5.97 Å². The maximum Gasteiger partial charge on any atom is 0.378 e. The number of anilines is 1. The van der Waals surface area contributed by atoms with Crippen molar-refractivity contribution in [2.45, 2.75) is 13.8 Å². The molecule has 0 saturated carbocycles. The van der Waals surface area contributed by atoms with Gasteiger partial charge in [0.15, 0.2) is 12.4 Å². The standard InChI is InChI=1S/C28H27N5O4/c1-19(2)17-29-27(35)22-15-9-10-16-23(22)30-24(34)18-37-28(36)25-31-26(20-11-5-3-6-12-20)33(32-25)21-13-7-4-8-14-21/h3-16,19H,17-18H2,1-2H3,(H,29,35)(H,30,34). The maximum atomic E-state index is 12.7. The van der Waals surface area contributed by atoms with Crippen LogP contribution in [0.4, 0.5) is 5.69 Å². The molecule has 2 N–H and O–H groups in total. The Morgan fingerprint density at radius 3 is 2.24 bits per heavy atom. The molecule has 0 fully saturated rings. The number of ether oxygens (including phenoxy) is 1. The van der Waals surface area contributed by atoms with Crippen LogP contribution in [0.2, 0.25) is 0 Å². The van der Waals surface area contributed by atoms with Gasteiger partial charge in [0.05, 0.1) is 16.9 Å². The van der Waals surface area contributed by atoms with E-state index in [4.69, 9.17) is 4.74 Å². The highest BCUT2D eigenvalue weighted by Gasteiger charge is 2.21. The fraction of sp³-hybridized carbons (Fsp3) is 0.179. The second-order valence-electron chi connectivity index (χ2n) is 8.65. The van der Waals surface area contributed by atoms with Gasteiger partial charge in [-0.15, -0.1) is 5.10 Å². The fourth-order valence-electron chi connectivity index (χ4n) is 3.49. The van der Waals surface area contributed by atoms with Crippen molar-refractivity contribution in [2.75, 3.05) is 18.5 Å². The smallest absolute Gasteiger partial charge is 0.378 e. The van der Waals surface area contributed by atoms with E-state index in [1.165, 1.54) is 0 Å². The Morgan fingerprint density at radius 2 is 1.54 bits per heavy atom. The van der Waals surface area contributed by atoms with Gasteiger partial charge in [-0.05, 0) is 30.2 Å². The highest BCUT2D eigenvalue weighted by molar-refractivity contribution is 6.04. The number of hydrogen-bond donors (Lipinski definition) is 2. The predicted octanol–water partition coefficient (Wildman–Crippen LogP) is 4.12. The lowest BCUT2D eigenvalue weighted by Crippen LogP contribution is -2.29. The van der Waals surface area contributed by atoms with E-state index in [-0.39, 0.29) is 17.6 Å². The molecule has 0 atom stereocenters. The molecule has 0 unspecified atom stereocenters. The van der Waals surface area contributed by atoms with Crippen molar-refractivity contribution in [1.82, 2.24) is 20.1 Å². The summed E-state index contributed by atoms with van der Waals surface area (Å²) in [4.78, 5) is 42.2. The number of nitrogens with zero attached hydrogens (tertiary/aromatic N) is 3. The van der Waals surface area contributed by atoms with Gasteiger partial charge in [0.1, 0.15) is 0 Å². The number of esters is 1. The van der Waals surface area contributed by atoms with Gasteiger partial charge < -0.3 is 15.4 Å². The topological polar surface area (TPSA) is 115 Å². The van der Waals surface area contributed by atoms with Crippen molar-refractivity contribution in [2.24, 2.45) is 5.92 Å². The van der Waals surface area contributed by atoms with Crippen molar-refractivity contribution in [3.63, 3.8) is 0 Å². The average Bonchev–Trinajstić information content (AvgIpc) is 3.37. The highest BCUT2D eigenvalue weighted by Crippen LogP contribution is 2.21.